The Morgan fingerprint density at radius 1 is 1.20 bits per heavy atom. The number of aromatic amines is 1. The average Bonchev–Trinajstić information content (AvgIpc) is 2.22. The van der Waals surface area contributed by atoms with Crippen molar-refractivity contribution in [2.75, 3.05) is 0 Å². The minimum atomic E-state index is -0.131. The molecule has 0 spiro atoms. The van der Waals surface area contributed by atoms with Crippen molar-refractivity contribution in [1.82, 2.24) is 9.97 Å². The van der Waals surface area contributed by atoms with Crippen LogP contribution in [0.4, 0.5) is 0 Å². The molecule has 2 aromatic rings. The van der Waals surface area contributed by atoms with E-state index in [4.69, 9.17) is 11.6 Å². The zero-order chi connectivity index (χ0) is 10.7. The number of aromatic nitrogens is 2. The van der Waals surface area contributed by atoms with Crippen molar-refractivity contribution in [2.24, 2.45) is 0 Å². The lowest BCUT2D eigenvalue weighted by molar-refractivity contribution is 0.946. The van der Waals surface area contributed by atoms with Gasteiger partial charge in [0.2, 0.25) is 0 Å². The Morgan fingerprint density at radius 3 is 2.60 bits per heavy atom. The summed E-state index contributed by atoms with van der Waals surface area (Å²) in [4.78, 5) is 17.8. The Bertz CT molecular complexity index is 504. The van der Waals surface area contributed by atoms with E-state index in [1.165, 1.54) is 12.3 Å². The first kappa shape index (κ1) is 9.93. The summed E-state index contributed by atoms with van der Waals surface area (Å²) in [5.41, 5.74) is 0.933. The van der Waals surface area contributed by atoms with Gasteiger partial charge in [-0.05, 0) is 17.7 Å². The van der Waals surface area contributed by atoms with Crippen molar-refractivity contribution < 1.29 is 0 Å². The van der Waals surface area contributed by atoms with Crippen LogP contribution in [-0.2, 0) is 6.42 Å². The second kappa shape index (κ2) is 4.28. The quantitative estimate of drug-likeness (QED) is 0.842. The molecule has 0 aliphatic carbocycles. The molecule has 3 nitrogen and oxygen atoms in total. The molecule has 4 heteroatoms. The second-order valence-electron chi connectivity index (χ2n) is 3.18. The molecule has 0 radical (unpaired) electrons. The van der Waals surface area contributed by atoms with Crippen LogP contribution >= 0.6 is 11.6 Å². The smallest absolute Gasteiger partial charge is 0.250 e. The largest absolute Gasteiger partial charge is 0.310 e. The third-order valence-corrected chi connectivity index (χ3v) is 2.26. The third-order valence-electron chi connectivity index (χ3n) is 2.01. The molecule has 1 aromatic carbocycles. The molecule has 0 amide bonds. The van der Waals surface area contributed by atoms with Crippen LogP contribution in [0.1, 0.15) is 11.4 Å². The van der Waals surface area contributed by atoms with Crippen molar-refractivity contribution in [3.8, 4) is 0 Å². The standard InChI is InChI=1S/C11H9ClN2O/c12-9-3-1-8(2-4-9)7-10-13-6-5-11(15)14-10/h1-6H,7H2,(H,13,14,15). The fourth-order valence-electron chi connectivity index (χ4n) is 1.30. The summed E-state index contributed by atoms with van der Waals surface area (Å²) in [5, 5.41) is 0.702. The van der Waals surface area contributed by atoms with E-state index in [2.05, 4.69) is 9.97 Å². The Balaban J connectivity index is 2.22. The predicted octanol–water partition coefficient (Wildman–Crippen LogP) is 2.01. The van der Waals surface area contributed by atoms with E-state index in [1.54, 1.807) is 0 Å². The maximum absolute atomic E-state index is 11.0. The number of halogens is 1. The molecular formula is C11H9ClN2O. The zero-order valence-corrected chi connectivity index (χ0v) is 8.66. The SMILES string of the molecule is O=c1ccnc(Cc2ccc(Cl)cc2)[nH]1. The van der Waals surface area contributed by atoms with Gasteiger partial charge >= 0.3 is 0 Å². The lowest BCUT2D eigenvalue weighted by Gasteiger charge is -2.00. The van der Waals surface area contributed by atoms with Crippen LogP contribution in [-0.4, -0.2) is 9.97 Å². The van der Waals surface area contributed by atoms with Crippen molar-refractivity contribution in [3.63, 3.8) is 0 Å². The van der Waals surface area contributed by atoms with Gasteiger partial charge in [-0.1, -0.05) is 23.7 Å². The van der Waals surface area contributed by atoms with Crippen LogP contribution in [0.2, 0.25) is 5.02 Å². The Morgan fingerprint density at radius 2 is 1.93 bits per heavy atom. The van der Waals surface area contributed by atoms with Gasteiger partial charge in [0.05, 0.1) is 0 Å². The molecule has 0 unspecified atom stereocenters. The van der Waals surface area contributed by atoms with Gasteiger partial charge < -0.3 is 4.98 Å². The third kappa shape index (κ3) is 2.67. The summed E-state index contributed by atoms with van der Waals surface area (Å²) in [7, 11) is 0. The molecule has 76 valence electrons. The maximum atomic E-state index is 11.0. The first-order valence-corrected chi connectivity index (χ1v) is 4.90. The highest BCUT2D eigenvalue weighted by Gasteiger charge is 1.98. The van der Waals surface area contributed by atoms with Gasteiger partial charge in [0.15, 0.2) is 0 Å². The summed E-state index contributed by atoms with van der Waals surface area (Å²) >= 11 is 5.77. The van der Waals surface area contributed by atoms with Gasteiger partial charge in [-0.2, -0.15) is 0 Å². The van der Waals surface area contributed by atoms with Gasteiger partial charge in [-0.15, -0.1) is 0 Å². The van der Waals surface area contributed by atoms with Gasteiger partial charge in [0.1, 0.15) is 5.82 Å². The first-order valence-electron chi connectivity index (χ1n) is 4.53. The van der Waals surface area contributed by atoms with Gasteiger partial charge in [-0.3, -0.25) is 4.79 Å². The lowest BCUT2D eigenvalue weighted by Crippen LogP contribution is -2.09. The number of H-pyrrole nitrogens is 1. The molecule has 15 heavy (non-hydrogen) atoms. The Hall–Kier alpha value is -1.61. The summed E-state index contributed by atoms with van der Waals surface area (Å²) in [6.07, 6.45) is 2.11. The number of hydrogen-bond donors (Lipinski definition) is 1. The summed E-state index contributed by atoms with van der Waals surface area (Å²) in [6.45, 7) is 0. The van der Waals surface area contributed by atoms with Crippen LogP contribution in [0.25, 0.3) is 0 Å². The van der Waals surface area contributed by atoms with Crippen LogP contribution in [0.15, 0.2) is 41.3 Å². The molecule has 0 aliphatic rings. The molecule has 0 aliphatic heterocycles. The monoisotopic (exact) mass is 220 g/mol. The predicted molar refractivity (Wildman–Crippen MR) is 59.1 cm³/mol. The molecule has 0 bridgehead atoms. The van der Waals surface area contributed by atoms with Crippen LogP contribution in [0.3, 0.4) is 0 Å². The van der Waals surface area contributed by atoms with Gasteiger partial charge in [0.25, 0.3) is 5.56 Å². The van der Waals surface area contributed by atoms with E-state index < -0.39 is 0 Å². The van der Waals surface area contributed by atoms with Crippen molar-refractivity contribution in [2.45, 2.75) is 6.42 Å². The van der Waals surface area contributed by atoms with E-state index >= 15 is 0 Å². The molecule has 0 saturated carbocycles. The molecule has 0 atom stereocenters. The molecule has 0 saturated heterocycles. The lowest BCUT2D eigenvalue weighted by atomic mass is 10.1. The minimum Gasteiger partial charge on any atom is -0.310 e. The molecule has 1 heterocycles. The van der Waals surface area contributed by atoms with E-state index in [0.29, 0.717) is 17.3 Å². The minimum absolute atomic E-state index is 0.131. The Kier molecular flexibility index (Phi) is 2.83. The Labute approximate surface area is 91.8 Å². The maximum Gasteiger partial charge on any atom is 0.250 e. The van der Waals surface area contributed by atoms with E-state index in [1.807, 2.05) is 24.3 Å². The molecule has 1 N–H and O–H groups in total. The van der Waals surface area contributed by atoms with Crippen molar-refractivity contribution in [1.29, 1.82) is 0 Å². The summed E-state index contributed by atoms with van der Waals surface area (Å²) < 4.78 is 0. The van der Waals surface area contributed by atoms with Crippen LogP contribution in [0, 0.1) is 0 Å². The summed E-state index contributed by atoms with van der Waals surface area (Å²) in [5.74, 6) is 0.657. The number of benzene rings is 1. The van der Waals surface area contributed by atoms with Gasteiger partial charge in [-0.25, -0.2) is 4.98 Å². The fourth-order valence-corrected chi connectivity index (χ4v) is 1.42. The highest BCUT2D eigenvalue weighted by molar-refractivity contribution is 6.30. The highest BCUT2D eigenvalue weighted by Crippen LogP contribution is 2.11. The number of hydrogen-bond acceptors (Lipinski definition) is 2. The summed E-state index contributed by atoms with van der Waals surface area (Å²) in [6, 6.07) is 8.85. The number of nitrogens with one attached hydrogen (secondary N) is 1. The van der Waals surface area contributed by atoms with Crippen molar-refractivity contribution in [3.05, 3.63) is 63.3 Å². The van der Waals surface area contributed by atoms with E-state index in [0.717, 1.165) is 5.56 Å². The number of nitrogens with zero attached hydrogens (tertiary/aromatic N) is 1. The molecular weight excluding hydrogens is 212 g/mol. The molecule has 0 fully saturated rings. The normalized spacial score (nSPS) is 10.2. The van der Waals surface area contributed by atoms with E-state index in [9.17, 15) is 4.79 Å². The number of rotatable bonds is 2. The second-order valence-corrected chi connectivity index (χ2v) is 3.62. The molecule has 2 rings (SSSR count). The zero-order valence-electron chi connectivity index (χ0n) is 7.90. The van der Waals surface area contributed by atoms with Gasteiger partial charge in [0, 0.05) is 23.7 Å². The van der Waals surface area contributed by atoms with Crippen molar-refractivity contribution >= 4 is 11.6 Å². The fraction of sp³-hybridized carbons (Fsp3) is 0.0909. The average molecular weight is 221 g/mol. The van der Waals surface area contributed by atoms with Crippen LogP contribution < -0.4 is 5.56 Å². The van der Waals surface area contributed by atoms with Crippen LogP contribution in [0.5, 0.6) is 0 Å². The molecule has 1 aromatic heterocycles. The first-order chi connectivity index (χ1) is 7.24. The highest BCUT2D eigenvalue weighted by atomic mass is 35.5. The topological polar surface area (TPSA) is 45.8 Å². The van der Waals surface area contributed by atoms with E-state index in [-0.39, 0.29) is 5.56 Å².